The maximum absolute atomic E-state index is 12.8. The molecular weight excluding hydrogens is 302 g/mol. The minimum Gasteiger partial charge on any atom is -0.441 e. The molecule has 1 aromatic heterocycles. The summed E-state index contributed by atoms with van der Waals surface area (Å²) in [4.78, 5) is 19.9. The first-order valence-corrected chi connectivity index (χ1v) is 9.18. The third-order valence-electron chi connectivity index (χ3n) is 5.84. The van der Waals surface area contributed by atoms with Crippen LogP contribution in [0, 0.1) is 11.8 Å². The van der Waals surface area contributed by atoms with Crippen LogP contribution in [-0.2, 0) is 6.42 Å². The molecule has 5 heteroatoms. The third kappa shape index (κ3) is 2.61. The van der Waals surface area contributed by atoms with Crippen LogP contribution in [-0.4, -0.2) is 41.5 Å². The molecule has 2 bridgehead atoms. The Kier molecular flexibility index (Phi) is 3.37. The number of para-hydroxylation sites is 1. The van der Waals surface area contributed by atoms with E-state index in [2.05, 4.69) is 15.2 Å². The summed E-state index contributed by atoms with van der Waals surface area (Å²) in [6, 6.07) is 5.93. The molecule has 4 heterocycles. The zero-order valence-corrected chi connectivity index (χ0v) is 13.8. The van der Waals surface area contributed by atoms with Gasteiger partial charge >= 0.3 is 0 Å². The van der Waals surface area contributed by atoms with Crippen molar-refractivity contribution in [3.05, 3.63) is 29.7 Å². The van der Waals surface area contributed by atoms with Crippen molar-refractivity contribution in [3.8, 4) is 0 Å². The lowest BCUT2D eigenvalue weighted by Gasteiger charge is -2.44. The second-order valence-corrected chi connectivity index (χ2v) is 7.63. The highest BCUT2D eigenvalue weighted by Gasteiger charge is 2.35. The number of oxazole rings is 1. The lowest BCUT2D eigenvalue weighted by molar-refractivity contribution is 0.0621. The molecule has 1 aliphatic carbocycles. The zero-order valence-electron chi connectivity index (χ0n) is 13.8. The SMILES string of the molecule is O=C(NC1CN2CCC1CC2)c1cccc2oc(CC3CC3)nc12. The Balaban J connectivity index is 1.38. The van der Waals surface area contributed by atoms with Gasteiger partial charge in [0, 0.05) is 19.0 Å². The second kappa shape index (κ2) is 5.59. The van der Waals surface area contributed by atoms with Gasteiger partial charge in [-0.05, 0) is 62.7 Å². The predicted molar refractivity (Wildman–Crippen MR) is 90.9 cm³/mol. The van der Waals surface area contributed by atoms with Crippen LogP contribution in [0.4, 0.5) is 0 Å². The normalized spacial score (nSPS) is 29.1. The number of nitrogens with one attached hydrogen (secondary N) is 1. The van der Waals surface area contributed by atoms with Crippen LogP contribution >= 0.6 is 0 Å². The van der Waals surface area contributed by atoms with Crippen molar-refractivity contribution < 1.29 is 9.21 Å². The number of fused-ring (bicyclic) bond motifs is 4. The van der Waals surface area contributed by atoms with Crippen molar-refractivity contribution in [1.29, 1.82) is 0 Å². The van der Waals surface area contributed by atoms with Crippen molar-refractivity contribution in [1.82, 2.24) is 15.2 Å². The number of nitrogens with zero attached hydrogens (tertiary/aromatic N) is 2. The highest BCUT2D eigenvalue weighted by molar-refractivity contribution is 6.04. The minimum atomic E-state index is -0.00868. The number of benzene rings is 1. The summed E-state index contributed by atoms with van der Waals surface area (Å²) < 4.78 is 5.85. The minimum absolute atomic E-state index is 0.00868. The first-order chi connectivity index (χ1) is 11.8. The molecule has 4 aliphatic rings. The smallest absolute Gasteiger partial charge is 0.253 e. The Labute approximate surface area is 141 Å². The van der Waals surface area contributed by atoms with Crippen LogP contribution in [0.1, 0.15) is 41.9 Å². The van der Waals surface area contributed by atoms with E-state index in [1.807, 2.05) is 18.2 Å². The van der Waals surface area contributed by atoms with E-state index in [-0.39, 0.29) is 11.9 Å². The predicted octanol–water partition coefficient (Wildman–Crippen LogP) is 2.60. The van der Waals surface area contributed by atoms with E-state index in [0.29, 0.717) is 17.0 Å². The quantitative estimate of drug-likeness (QED) is 0.939. The number of amides is 1. The molecule has 1 unspecified atom stereocenters. The molecule has 3 saturated heterocycles. The molecule has 4 fully saturated rings. The first-order valence-electron chi connectivity index (χ1n) is 9.18. The van der Waals surface area contributed by atoms with Crippen molar-refractivity contribution in [2.45, 2.75) is 38.1 Å². The molecule has 126 valence electrons. The van der Waals surface area contributed by atoms with Gasteiger partial charge in [-0.15, -0.1) is 0 Å². The molecule has 1 atom stereocenters. The Morgan fingerprint density at radius 1 is 1.25 bits per heavy atom. The molecule has 2 aromatic rings. The van der Waals surface area contributed by atoms with E-state index >= 15 is 0 Å². The maximum atomic E-state index is 12.8. The summed E-state index contributed by atoms with van der Waals surface area (Å²) in [5, 5.41) is 3.26. The lowest BCUT2D eigenvalue weighted by atomic mass is 9.84. The second-order valence-electron chi connectivity index (χ2n) is 7.63. The van der Waals surface area contributed by atoms with E-state index < -0.39 is 0 Å². The highest BCUT2D eigenvalue weighted by atomic mass is 16.3. The zero-order chi connectivity index (χ0) is 16.1. The number of aromatic nitrogens is 1. The van der Waals surface area contributed by atoms with Crippen LogP contribution in [0.2, 0.25) is 0 Å². The molecule has 1 saturated carbocycles. The molecule has 5 nitrogen and oxygen atoms in total. The Bertz CT molecular complexity index is 772. The summed E-state index contributed by atoms with van der Waals surface area (Å²) >= 11 is 0. The summed E-state index contributed by atoms with van der Waals surface area (Å²) in [7, 11) is 0. The largest absolute Gasteiger partial charge is 0.441 e. The molecular formula is C19H23N3O2. The van der Waals surface area contributed by atoms with Gasteiger partial charge in [0.2, 0.25) is 0 Å². The molecule has 1 amide bonds. The number of piperidine rings is 3. The van der Waals surface area contributed by atoms with Gasteiger partial charge in [0.15, 0.2) is 11.5 Å². The fraction of sp³-hybridized carbons (Fsp3) is 0.579. The molecule has 0 radical (unpaired) electrons. The van der Waals surface area contributed by atoms with Crippen LogP contribution < -0.4 is 5.32 Å². The highest BCUT2D eigenvalue weighted by Crippen LogP contribution is 2.33. The molecule has 24 heavy (non-hydrogen) atoms. The van der Waals surface area contributed by atoms with Crippen molar-refractivity contribution in [3.63, 3.8) is 0 Å². The van der Waals surface area contributed by atoms with Gasteiger partial charge < -0.3 is 14.6 Å². The van der Waals surface area contributed by atoms with E-state index in [1.165, 1.54) is 38.8 Å². The average Bonchev–Trinajstić information content (AvgIpc) is 3.31. The topological polar surface area (TPSA) is 58.4 Å². The van der Waals surface area contributed by atoms with Gasteiger partial charge in [0.1, 0.15) is 5.52 Å². The standard InChI is InChI=1S/C19H23N3O2/c23-19(20-15-11-22-8-6-13(15)7-9-22)14-2-1-3-16-18(14)21-17(24-16)10-12-4-5-12/h1-3,12-13,15H,4-11H2,(H,20,23). The number of carbonyl (C=O) groups excluding carboxylic acids is 1. The van der Waals surface area contributed by atoms with Gasteiger partial charge in [0.25, 0.3) is 5.91 Å². The lowest BCUT2D eigenvalue weighted by Crippen LogP contribution is -2.57. The van der Waals surface area contributed by atoms with E-state index in [9.17, 15) is 4.79 Å². The average molecular weight is 325 g/mol. The molecule has 3 aliphatic heterocycles. The van der Waals surface area contributed by atoms with Crippen molar-refractivity contribution in [2.75, 3.05) is 19.6 Å². The number of rotatable bonds is 4. The summed E-state index contributed by atoms with van der Waals surface area (Å²) in [6.45, 7) is 3.35. The van der Waals surface area contributed by atoms with Crippen molar-refractivity contribution >= 4 is 17.0 Å². The monoisotopic (exact) mass is 325 g/mol. The van der Waals surface area contributed by atoms with Crippen LogP contribution in [0.15, 0.2) is 22.6 Å². The van der Waals surface area contributed by atoms with E-state index in [1.54, 1.807) is 0 Å². The number of carbonyl (C=O) groups is 1. The summed E-state index contributed by atoms with van der Waals surface area (Å²) in [5.41, 5.74) is 2.09. The van der Waals surface area contributed by atoms with Crippen molar-refractivity contribution in [2.24, 2.45) is 11.8 Å². The fourth-order valence-electron chi connectivity index (χ4n) is 4.21. The Morgan fingerprint density at radius 3 is 2.79 bits per heavy atom. The molecule has 1 N–H and O–H groups in total. The Morgan fingerprint density at radius 2 is 2.08 bits per heavy atom. The molecule has 1 aromatic carbocycles. The van der Waals surface area contributed by atoms with E-state index in [4.69, 9.17) is 4.42 Å². The van der Waals surface area contributed by atoms with Gasteiger partial charge in [-0.1, -0.05) is 6.07 Å². The van der Waals surface area contributed by atoms with Gasteiger partial charge in [-0.25, -0.2) is 4.98 Å². The summed E-state index contributed by atoms with van der Waals surface area (Å²) in [5.74, 6) is 2.12. The van der Waals surface area contributed by atoms with Gasteiger partial charge in [0.05, 0.1) is 5.56 Å². The van der Waals surface area contributed by atoms with Crippen LogP contribution in [0.3, 0.4) is 0 Å². The fourth-order valence-corrected chi connectivity index (χ4v) is 4.21. The van der Waals surface area contributed by atoms with Crippen LogP contribution in [0.5, 0.6) is 0 Å². The molecule has 0 spiro atoms. The first kappa shape index (κ1) is 14.5. The van der Waals surface area contributed by atoms with E-state index in [0.717, 1.165) is 30.4 Å². The molecule has 6 rings (SSSR count). The maximum Gasteiger partial charge on any atom is 0.253 e. The van der Waals surface area contributed by atoms with Crippen LogP contribution in [0.25, 0.3) is 11.1 Å². The summed E-state index contributed by atoms with van der Waals surface area (Å²) in [6.07, 6.45) is 5.84. The van der Waals surface area contributed by atoms with Gasteiger partial charge in [-0.2, -0.15) is 0 Å². The number of hydrogen-bond acceptors (Lipinski definition) is 4. The Hall–Kier alpha value is -1.88. The third-order valence-corrected chi connectivity index (χ3v) is 5.84. The number of hydrogen-bond donors (Lipinski definition) is 1. The van der Waals surface area contributed by atoms with Gasteiger partial charge in [-0.3, -0.25) is 4.79 Å².